The number of sulfonamides is 1. The number of aromatic nitrogens is 2. The van der Waals surface area contributed by atoms with Gasteiger partial charge in [-0.25, -0.2) is 13.4 Å². The Balaban J connectivity index is 1.51. The number of benzene rings is 1. The van der Waals surface area contributed by atoms with E-state index in [9.17, 15) is 13.2 Å². The molecule has 7 nitrogen and oxygen atoms in total. The third kappa shape index (κ3) is 5.05. The average Bonchev–Trinajstić information content (AvgIpc) is 3.28. The molecule has 2 heterocycles. The van der Waals surface area contributed by atoms with E-state index in [0.717, 1.165) is 31.5 Å². The van der Waals surface area contributed by atoms with E-state index in [-0.39, 0.29) is 5.91 Å². The van der Waals surface area contributed by atoms with Crippen LogP contribution in [0.15, 0.2) is 47.9 Å². The predicted octanol–water partition coefficient (Wildman–Crippen LogP) is 2.71. The van der Waals surface area contributed by atoms with E-state index in [1.165, 1.54) is 4.31 Å². The molecule has 29 heavy (non-hydrogen) atoms. The summed E-state index contributed by atoms with van der Waals surface area (Å²) in [6.07, 6.45) is 8.55. The van der Waals surface area contributed by atoms with Crippen LogP contribution in [0.4, 0.5) is 0 Å². The van der Waals surface area contributed by atoms with Crippen LogP contribution in [0.1, 0.15) is 44.7 Å². The smallest absolute Gasteiger partial charge is 0.243 e. The van der Waals surface area contributed by atoms with Crippen LogP contribution in [0.3, 0.4) is 0 Å². The Labute approximate surface area is 173 Å². The van der Waals surface area contributed by atoms with Crippen molar-refractivity contribution in [3.05, 3.63) is 48.5 Å². The summed E-state index contributed by atoms with van der Waals surface area (Å²) in [5.74, 6) is 0.161. The van der Waals surface area contributed by atoms with Crippen LogP contribution in [-0.4, -0.2) is 59.3 Å². The van der Waals surface area contributed by atoms with Gasteiger partial charge in [0.05, 0.1) is 11.2 Å². The molecule has 1 aromatic carbocycles. The Bertz CT molecular complexity index is 883. The second kappa shape index (κ2) is 9.54. The fourth-order valence-corrected chi connectivity index (χ4v) is 5.31. The summed E-state index contributed by atoms with van der Waals surface area (Å²) in [5.41, 5.74) is 0.977. The van der Waals surface area contributed by atoms with E-state index in [2.05, 4.69) is 9.55 Å². The van der Waals surface area contributed by atoms with Crippen LogP contribution in [0.2, 0.25) is 0 Å². The van der Waals surface area contributed by atoms with Crippen molar-refractivity contribution in [1.29, 1.82) is 0 Å². The minimum Gasteiger partial charge on any atom is -0.343 e. The zero-order valence-corrected chi connectivity index (χ0v) is 18.0. The number of rotatable bonds is 8. The Hall–Kier alpha value is -2.19. The predicted molar refractivity (Wildman–Crippen MR) is 112 cm³/mol. The van der Waals surface area contributed by atoms with Gasteiger partial charge in [0, 0.05) is 51.0 Å². The second-order valence-corrected chi connectivity index (χ2v) is 9.29. The van der Waals surface area contributed by atoms with Crippen LogP contribution in [0.25, 0.3) is 0 Å². The van der Waals surface area contributed by atoms with Gasteiger partial charge in [0.2, 0.25) is 15.9 Å². The fourth-order valence-electron chi connectivity index (χ4n) is 3.85. The van der Waals surface area contributed by atoms with Crippen LogP contribution >= 0.6 is 0 Å². The highest BCUT2D eigenvalue weighted by molar-refractivity contribution is 7.89. The summed E-state index contributed by atoms with van der Waals surface area (Å²) >= 11 is 0. The van der Waals surface area contributed by atoms with Gasteiger partial charge in [-0.05, 0) is 37.0 Å². The number of hydrogen-bond acceptors (Lipinski definition) is 4. The van der Waals surface area contributed by atoms with E-state index in [1.807, 2.05) is 43.4 Å². The molecular formula is C21H30N4O3S. The first kappa shape index (κ1) is 21.5. The Kier molecular flexibility index (Phi) is 7.08. The molecule has 1 aromatic heterocycles. The summed E-state index contributed by atoms with van der Waals surface area (Å²) in [4.78, 5) is 18.9. The van der Waals surface area contributed by atoms with Crippen molar-refractivity contribution >= 4 is 15.9 Å². The highest BCUT2D eigenvalue weighted by Crippen LogP contribution is 2.23. The molecule has 2 aromatic rings. The van der Waals surface area contributed by atoms with Gasteiger partial charge in [0.15, 0.2) is 0 Å². The number of imidazole rings is 1. The van der Waals surface area contributed by atoms with Gasteiger partial charge in [0.25, 0.3) is 0 Å². The number of piperidine rings is 1. The number of aryl methyl sites for hydroxylation is 1. The zero-order chi connectivity index (χ0) is 20.9. The molecule has 0 aliphatic carbocycles. The van der Waals surface area contributed by atoms with Gasteiger partial charge >= 0.3 is 0 Å². The van der Waals surface area contributed by atoms with Gasteiger partial charge in [0.1, 0.15) is 0 Å². The van der Waals surface area contributed by atoms with Gasteiger partial charge in [-0.2, -0.15) is 4.31 Å². The van der Waals surface area contributed by atoms with Crippen molar-refractivity contribution in [3.63, 3.8) is 0 Å². The quantitative estimate of drug-likeness (QED) is 0.661. The van der Waals surface area contributed by atoms with Crippen molar-refractivity contribution in [1.82, 2.24) is 18.8 Å². The SMILES string of the molecule is CCN(CC)S(=O)(=O)c1ccc(CCC(=O)N2CCC(n3ccnc3)CC2)cc1. The van der Waals surface area contributed by atoms with Crippen LogP contribution in [0.5, 0.6) is 0 Å². The summed E-state index contributed by atoms with van der Waals surface area (Å²) in [5, 5.41) is 0. The monoisotopic (exact) mass is 418 g/mol. The van der Waals surface area contributed by atoms with Crippen molar-refractivity contribution in [2.24, 2.45) is 0 Å². The molecule has 0 atom stereocenters. The Morgan fingerprint density at radius 1 is 1.14 bits per heavy atom. The molecular weight excluding hydrogens is 388 g/mol. The molecule has 0 N–H and O–H groups in total. The maximum absolute atomic E-state index is 12.6. The van der Waals surface area contributed by atoms with Gasteiger partial charge in [-0.1, -0.05) is 26.0 Å². The number of likely N-dealkylation sites (tertiary alicyclic amines) is 1. The first-order valence-electron chi connectivity index (χ1n) is 10.3. The molecule has 0 spiro atoms. The molecule has 1 aliphatic rings. The van der Waals surface area contributed by atoms with E-state index in [0.29, 0.717) is 36.9 Å². The van der Waals surface area contributed by atoms with E-state index in [1.54, 1.807) is 18.3 Å². The second-order valence-electron chi connectivity index (χ2n) is 7.36. The number of carbonyl (C=O) groups excluding carboxylic acids is 1. The number of amides is 1. The third-order valence-electron chi connectivity index (χ3n) is 5.66. The first-order chi connectivity index (χ1) is 14.0. The van der Waals surface area contributed by atoms with E-state index in [4.69, 9.17) is 0 Å². The molecule has 0 saturated carbocycles. The van der Waals surface area contributed by atoms with Gasteiger partial charge < -0.3 is 9.47 Å². The maximum atomic E-state index is 12.6. The molecule has 1 aliphatic heterocycles. The highest BCUT2D eigenvalue weighted by atomic mass is 32.2. The number of nitrogens with zero attached hydrogens (tertiary/aromatic N) is 4. The molecule has 0 unspecified atom stereocenters. The topological polar surface area (TPSA) is 75.5 Å². The van der Waals surface area contributed by atoms with Crippen molar-refractivity contribution < 1.29 is 13.2 Å². The summed E-state index contributed by atoms with van der Waals surface area (Å²) in [6.45, 7) is 6.10. The zero-order valence-electron chi connectivity index (χ0n) is 17.2. The number of carbonyl (C=O) groups is 1. The maximum Gasteiger partial charge on any atom is 0.243 e. The average molecular weight is 419 g/mol. The lowest BCUT2D eigenvalue weighted by atomic mass is 10.0. The molecule has 1 amide bonds. The lowest BCUT2D eigenvalue weighted by Crippen LogP contribution is -2.39. The van der Waals surface area contributed by atoms with Crippen molar-refractivity contribution in [2.45, 2.75) is 50.5 Å². The van der Waals surface area contributed by atoms with Crippen molar-refractivity contribution in [3.8, 4) is 0 Å². The van der Waals surface area contributed by atoms with Crippen LogP contribution in [0, 0.1) is 0 Å². The normalized spacial score (nSPS) is 15.8. The van der Waals surface area contributed by atoms with Crippen LogP contribution < -0.4 is 0 Å². The summed E-state index contributed by atoms with van der Waals surface area (Å²) < 4.78 is 28.7. The number of hydrogen-bond donors (Lipinski definition) is 0. The molecule has 158 valence electrons. The van der Waals surface area contributed by atoms with Crippen LogP contribution in [-0.2, 0) is 21.2 Å². The minimum atomic E-state index is -3.44. The molecule has 0 bridgehead atoms. The van der Waals surface area contributed by atoms with E-state index < -0.39 is 10.0 Å². The van der Waals surface area contributed by atoms with Gasteiger partial charge in [-0.3, -0.25) is 4.79 Å². The Morgan fingerprint density at radius 2 is 1.79 bits per heavy atom. The molecule has 0 radical (unpaired) electrons. The molecule has 8 heteroatoms. The lowest BCUT2D eigenvalue weighted by molar-refractivity contribution is -0.132. The largest absolute Gasteiger partial charge is 0.343 e. The van der Waals surface area contributed by atoms with Gasteiger partial charge in [-0.15, -0.1) is 0 Å². The molecule has 1 saturated heterocycles. The summed E-state index contributed by atoms with van der Waals surface area (Å²) in [6, 6.07) is 7.33. The van der Waals surface area contributed by atoms with E-state index >= 15 is 0 Å². The minimum absolute atomic E-state index is 0.161. The highest BCUT2D eigenvalue weighted by Gasteiger charge is 2.24. The van der Waals surface area contributed by atoms with Crippen molar-refractivity contribution in [2.75, 3.05) is 26.2 Å². The summed E-state index contributed by atoms with van der Waals surface area (Å²) in [7, 11) is -3.44. The fraction of sp³-hybridized carbons (Fsp3) is 0.524. The lowest BCUT2D eigenvalue weighted by Gasteiger charge is -2.32. The standard InChI is InChI=1S/C21H30N4O3S/c1-3-25(4-2)29(27,28)20-8-5-18(6-9-20)7-10-21(26)23-14-11-19(12-15-23)24-16-13-22-17-24/h5-6,8-9,13,16-17,19H,3-4,7,10-12,14-15H2,1-2H3. The Morgan fingerprint density at radius 3 is 2.34 bits per heavy atom. The molecule has 1 fully saturated rings. The first-order valence-corrected chi connectivity index (χ1v) is 11.7. The third-order valence-corrected chi connectivity index (χ3v) is 7.72. The molecule has 3 rings (SSSR count).